The molecule has 0 saturated heterocycles. The predicted octanol–water partition coefficient (Wildman–Crippen LogP) is 2.94. The molecule has 3 rings (SSSR count). The van der Waals surface area contributed by atoms with Crippen LogP contribution < -0.4 is 0 Å². The van der Waals surface area contributed by atoms with E-state index in [1.165, 1.54) is 0 Å². The number of hydrogen-bond donors (Lipinski definition) is 0. The first kappa shape index (κ1) is 8.73. The SMILES string of the molecule is Brc1cc2nccnc2c2cccnc12. The van der Waals surface area contributed by atoms with Gasteiger partial charge in [-0.3, -0.25) is 15.0 Å². The Kier molecular flexibility index (Phi) is 1.89. The topological polar surface area (TPSA) is 38.7 Å². The highest BCUT2D eigenvalue weighted by Crippen LogP contribution is 2.27. The van der Waals surface area contributed by atoms with Gasteiger partial charge in [0.05, 0.1) is 16.6 Å². The Hall–Kier alpha value is -1.55. The van der Waals surface area contributed by atoms with Crippen LogP contribution in [0.15, 0.2) is 41.3 Å². The Labute approximate surface area is 94.3 Å². The van der Waals surface area contributed by atoms with Gasteiger partial charge in [-0.05, 0) is 34.1 Å². The molecule has 0 aliphatic rings. The van der Waals surface area contributed by atoms with E-state index in [4.69, 9.17) is 0 Å². The third-order valence-corrected chi connectivity index (χ3v) is 2.88. The summed E-state index contributed by atoms with van der Waals surface area (Å²) in [5.74, 6) is 0. The van der Waals surface area contributed by atoms with Crippen LogP contribution in [0.3, 0.4) is 0 Å². The Morgan fingerprint density at radius 2 is 1.73 bits per heavy atom. The van der Waals surface area contributed by atoms with Crippen LogP contribution in [0.1, 0.15) is 0 Å². The highest BCUT2D eigenvalue weighted by atomic mass is 79.9. The quantitative estimate of drug-likeness (QED) is 0.583. The summed E-state index contributed by atoms with van der Waals surface area (Å²) in [6.07, 6.45) is 5.16. The van der Waals surface area contributed by atoms with Crippen LogP contribution in [0.5, 0.6) is 0 Å². The molecule has 0 aliphatic heterocycles. The largest absolute Gasteiger partial charge is 0.255 e. The number of halogens is 1. The minimum absolute atomic E-state index is 0.880. The molecule has 72 valence electrons. The average Bonchev–Trinajstić information content (AvgIpc) is 2.30. The number of hydrogen-bond acceptors (Lipinski definition) is 3. The monoisotopic (exact) mass is 259 g/mol. The Balaban J connectivity index is 2.64. The fourth-order valence-corrected chi connectivity index (χ4v) is 2.17. The second kappa shape index (κ2) is 3.24. The van der Waals surface area contributed by atoms with Crippen molar-refractivity contribution in [2.75, 3.05) is 0 Å². The first-order valence-corrected chi connectivity index (χ1v) is 5.29. The summed E-state index contributed by atoms with van der Waals surface area (Å²) in [4.78, 5) is 12.9. The standard InChI is InChI=1S/C11H6BrN3/c12-8-6-9-11(15-5-4-13-9)7-2-1-3-14-10(7)8/h1-6H. The first-order chi connectivity index (χ1) is 7.36. The third-order valence-electron chi connectivity index (χ3n) is 2.28. The van der Waals surface area contributed by atoms with Crippen LogP contribution in [-0.2, 0) is 0 Å². The summed E-state index contributed by atoms with van der Waals surface area (Å²) in [6, 6.07) is 5.85. The summed E-state index contributed by atoms with van der Waals surface area (Å²) < 4.78 is 0.950. The molecule has 0 bridgehead atoms. The van der Waals surface area contributed by atoms with Gasteiger partial charge in [-0.15, -0.1) is 0 Å². The van der Waals surface area contributed by atoms with Gasteiger partial charge >= 0.3 is 0 Å². The van der Waals surface area contributed by atoms with Crippen LogP contribution in [0.25, 0.3) is 21.9 Å². The van der Waals surface area contributed by atoms with E-state index in [1.807, 2.05) is 18.2 Å². The molecular formula is C11H6BrN3. The van der Waals surface area contributed by atoms with Crippen molar-refractivity contribution >= 4 is 37.9 Å². The van der Waals surface area contributed by atoms with Crippen molar-refractivity contribution in [1.29, 1.82) is 0 Å². The number of fused-ring (bicyclic) bond motifs is 3. The van der Waals surface area contributed by atoms with Crippen LogP contribution in [0, 0.1) is 0 Å². The molecule has 3 nitrogen and oxygen atoms in total. The normalized spacial score (nSPS) is 11.0. The third kappa shape index (κ3) is 1.29. The minimum atomic E-state index is 0.880. The van der Waals surface area contributed by atoms with Gasteiger partial charge < -0.3 is 0 Å². The van der Waals surface area contributed by atoms with E-state index in [-0.39, 0.29) is 0 Å². The Morgan fingerprint density at radius 3 is 2.67 bits per heavy atom. The van der Waals surface area contributed by atoms with Crippen molar-refractivity contribution in [1.82, 2.24) is 15.0 Å². The van der Waals surface area contributed by atoms with Crippen LogP contribution >= 0.6 is 15.9 Å². The molecule has 4 heteroatoms. The number of benzene rings is 1. The van der Waals surface area contributed by atoms with E-state index in [2.05, 4.69) is 30.9 Å². The van der Waals surface area contributed by atoms with Crippen LogP contribution in [-0.4, -0.2) is 15.0 Å². The lowest BCUT2D eigenvalue weighted by atomic mass is 10.2. The molecule has 0 unspecified atom stereocenters. The average molecular weight is 260 g/mol. The van der Waals surface area contributed by atoms with Gasteiger partial charge in [-0.2, -0.15) is 0 Å². The fraction of sp³-hybridized carbons (Fsp3) is 0. The summed E-state index contributed by atoms with van der Waals surface area (Å²) in [7, 11) is 0. The lowest BCUT2D eigenvalue weighted by Gasteiger charge is -2.02. The zero-order valence-electron chi connectivity index (χ0n) is 7.68. The van der Waals surface area contributed by atoms with E-state index >= 15 is 0 Å². The molecule has 0 amide bonds. The van der Waals surface area contributed by atoms with Gasteiger partial charge in [-0.1, -0.05) is 0 Å². The van der Waals surface area contributed by atoms with Crippen LogP contribution in [0.4, 0.5) is 0 Å². The molecule has 0 spiro atoms. The van der Waals surface area contributed by atoms with Gasteiger partial charge in [0.1, 0.15) is 0 Å². The van der Waals surface area contributed by atoms with Crippen molar-refractivity contribution in [2.45, 2.75) is 0 Å². The lowest BCUT2D eigenvalue weighted by Crippen LogP contribution is -1.87. The maximum absolute atomic E-state index is 4.33. The maximum atomic E-state index is 4.33. The molecule has 0 aliphatic carbocycles. The summed E-state index contributed by atoms with van der Waals surface area (Å²) >= 11 is 3.49. The molecule has 15 heavy (non-hydrogen) atoms. The zero-order valence-corrected chi connectivity index (χ0v) is 9.27. The number of aromatic nitrogens is 3. The molecular weight excluding hydrogens is 254 g/mol. The molecule has 2 aromatic heterocycles. The smallest absolute Gasteiger partial charge is 0.0981 e. The number of nitrogens with zero attached hydrogens (tertiary/aromatic N) is 3. The molecule has 2 heterocycles. The van der Waals surface area contributed by atoms with Crippen molar-refractivity contribution in [3.63, 3.8) is 0 Å². The van der Waals surface area contributed by atoms with Crippen molar-refractivity contribution in [3.05, 3.63) is 41.3 Å². The van der Waals surface area contributed by atoms with Gasteiger partial charge in [0.2, 0.25) is 0 Å². The zero-order chi connectivity index (χ0) is 10.3. The van der Waals surface area contributed by atoms with Gasteiger partial charge in [0.15, 0.2) is 0 Å². The van der Waals surface area contributed by atoms with E-state index in [9.17, 15) is 0 Å². The van der Waals surface area contributed by atoms with Gasteiger partial charge in [0.25, 0.3) is 0 Å². The summed E-state index contributed by atoms with van der Waals surface area (Å²) in [5, 5.41) is 1.02. The summed E-state index contributed by atoms with van der Waals surface area (Å²) in [5.41, 5.74) is 2.69. The van der Waals surface area contributed by atoms with E-state index in [0.717, 1.165) is 26.4 Å². The van der Waals surface area contributed by atoms with Gasteiger partial charge in [-0.25, -0.2) is 0 Å². The Morgan fingerprint density at radius 1 is 0.933 bits per heavy atom. The molecule has 0 fully saturated rings. The van der Waals surface area contributed by atoms with Crippen molar-refractivity contribution in [2.24, 2.45) is 0 Å². The highest BCUT2D eigenvalue weighted by molar-refractivity contribution is 9.10. The Bertz CT molecular complexity index is 651. The van der Waals surface area contributed by atoms with Gasteiger partial charge in [0, 0.05) is 28.4 Å². The summed E-state index contributed by atoms with van der Waals surface area (Å²) in [6.45, 7) is 0. The van der Waals surface area contributed by atoms with E-state index in [1.54, 1.807) is 18.6 Å². The maximum Gasteiger partial charge on any atom is 0.0981 e. The molecule has 3 aromatic rings. The predicted molar refractivity (Wildman–Crippen MR) is 62.5 cm³/mol. The molecule has 0 saturated carbocycles. The number of rotatable bonds is 0. The molecule has 0 radical (unpaired) electrons. The fourth-order valence-electron chi connectivity index (χ4n) is 1.64. The van der Waals surface area contributed by atoms with Crippen molar-refractivity contribution in [3.8, 4) is 0 Å². The second-order valence-corrected chi connectivity index (χ2v) is 4.04. The first-order valence-electron chi connectivity index (χ1n) is 4.50. The van der Waals surface area contributed by atoms with Crippen molar-refractivity contribution < 1.29 is 0 Å². The minimum Gasteiger partial charge on any atom is -0.255 e. The molecule has 0 N–H and O–H groups in total. The lowest BCUT2D eigenvalue weighted by molar-refractivity contribution is 1.29. The van der Waals surface area contributed by atoms with E-state index in [0.29, 0.717) is 0 Å². The molecule has 1 aromatic carbocycles. The van der Waals surface area contributed by atoms with E-state index < -0.39 is 0 Å². The molecule has 0 atom stereocenters. The highest BCUT2D eigenvalue weighted by Gasteiger charge is 2.06. The number of pyridine rings is 1. The van der Waals surface area contributed by atoms with Crippen LogP contribution in [0.2, 0.25) is 0 Å². The second-order valence-electron chi connectivity index (χ2n) is 3.18.